The number of halogens is 3. The second-order valence-electron chi connectivity index (χ2n) is 6.92. The minimum atomic E-state index is -4.36. The van der Waals surface area contributed by atoms with Crippen LogP contribution in [0.5, 0.6) is 0 Å². The van der Waals surface area contributed by atoms with E-state index in [4.69, 9.17) is 0 Å². The Bertz CT molecular complexity index is 981. The standard InChI is InChI=1S/C23H18F3NO/c24-23(25,26)18-12-10-16(11-13-18)14-20-19-8-4-5-9-21(19)27(22(20)28)15-17-6-2-1-3-7-17/h1-13,20H,14-15H2. The van der Waals surface area contributed by atoms with E-state index in [1.165, 1.54) is 12.1 Å². The Morgan fingerprint density at radius 3 is 2.11 bits per heavy atom. The average molecular weight is 381 g/mol. The first-order valence-electron chi connectivity index (χ1n) is 9.04. The Labute approximate surface area is 161 Å². The minimum Gasteiger partial charge on any atom is -0.307 e. The van der Waals surface area contributed by atoms with Crippen molar-refractivity contribution in [1.29, 1.82) is 0 Å². The summed E-state index contributed by atoms with van der Waals surface area (Å²) in [5.41, 5.74) is 2.85. The van der Waals surface area contributed by atoms with Gasteiger partial charge in [-0.15, -0.1) is 0 Å². The molecule has 1 amide bonds. The van der Waals surface area contributed by atoms with Gasteiger partial charge in [-0.3, -0.25) is 4.79 Å². The number of alkyl halides is 3. The lowest BCUT2D eigenvalue weighted by Gasteiger charge is -2.18. The number of fused-ring (bicyclic) bond motifs is 1. The molecule has 0 fully saturated rings. The number of para-hydroxylation sites is 1. The second kappa shape index (κ2) is 7.15. The number of hydrogen-bond donors (Lipinski definition) is 0. The summed E-state index contributed by atoms with van der Waals surface area (Å²) in [6.45, 7) is 0.472. The monoisotopic (exact) mass is 381 g/mol. The summed E-state index contributed by atoms with van der Waals surface area (Å²) < 4.78 is 38.3. The van der Waals surface area contributed by atoms with Crippen molar-refractivity contribution in [1.82, 2.24) is 0 Å². The van der Waals surface area contributed by atoms with Crippen LogP contribution >= 0.6 is 0 Å². The normalized spacial score (nSPS) is 16.3. The van der Waals surface area contributed by atoms with Crippen LogP contribution in [0.3, 0.4) is 0 Å². The summed E-state index contributed by atoms with van der Waals surface area (Å²) >= 11 is 0. The molecule has 1 aliphatic heterocycles. The van der Waals surface area contributed by atoms with Crippen LogP contribution in [0.2, 0.25) is 0 Å². The Morgan fingerprint density at radius 1 is 0.786 bits per heavy atom. The Hall–Kier alpha value is -3.08. The first-order valence-corrected chi connectivity index (χ1v) is 9.04. The summed E-state index contributed by atoms with van der Waals surface area (Å²) in [5, 5.41) is 0. The molecule has 1 unspecified atom stereocenters. The largest absolute Gasteiger partial charge is 0.416 e. The number of benzene rings is 3. The van der Waals surface area contributed by atoms with Crippen molar-refractivity contribution in [3.63, 3.8) is 0 Å². The lowest BCUT2D eigenvalue weighted by atomic mass is 9.93. The highest BCUT2D eigenvalue weighted by atomic mass is 19.4. The molecule has 5 heteroatoms. The molecule has 2 nitrogen and oxygen atoms in total. The number of rotatable bonds is 4. The summed E-state index contributed by atoms with van der Waals surface area (Å²) in [5.74, 6) is -0.415. The van der Waals surface area contributed by atoms with Gasteiger partial charge in [-0.25, -0.2) is 0 Å². The predicted octanol–water partition coefficient (Wildman–Crippen LogP) is 5.58. The molecule has 0 saturated carbocycles. The zero-order chi connectivity index (χ0) is 19.7. The molecule has 4 rings (SSSR count). The van der Waals surface area contributed by atoms with Gasteiger partial charge in [0, 0.05) is 5.69 Å². The van der Waals surface area contributed by atoms with Gasteiger partial charge in [-0.05, 0) is 41.3 Å². The molecule has 142 valence electrons. The van der Waals surface area contributed by atoms with Crippen molar-refractivity contribution in [3.05, 3.63) is 101 Å². The number of anilines is 1. The number of carbonyl (C=O) groups excluding carboxylic acids is 1. The fourth-order valence-electron chi connectivity index (χ4n) is 3.66. The fraction of sp³-hybridized carbons (Fsp3) is 0.174. The summed E-state index contributed by atoms with van der Waals surface area (Å²) in [6, 6.07) is 22.4. The van der Waals surface area contributed by atoms with Crippen LogP contribution in [0, 0.1) is 0 Å². The van der Waals surface area contributed by atoms with Crippen molar-refractivity contribution < 1.29 is 18.0 Å². The van der Waals surface area contributed by atoms with Gasteiger partial charge < -0.3 is 4.90 Å². The van der Waals surface area contributed by atoms with E-state index in [1.54, 1.807) is 4.90 Å². The molecule has 0 aromatic heterocycles. The van der Waals surface area contributed by atoms with Crippen LogP contribution in [-0.2, 0) is 23.9 Å². The first kappa shape index (κ1) is 18.3. The minimum absolute atomic E-state index is 0.0232. The van der Waals surface area contributed by atoms with Crippen LogP contribution in [0.25, 0.3) is 0 Å². The fourth-order valence-corrected chi connectivity index (χ4v) is 3.66. The Morgan fingerprint density at radius 2 is 1.43 bits per heavy atom. The summed E-state index contributed by atoms with van der Waals surface area (Å²) in [4.78, 5) is 14.9. The third-order valence-corrected chi connectivity index (χ3v) is 5.07. The Balaban J connectivity index is 1.60. The average Bonchev–Trinajstić information content (AvgIpc) is 2.95. The number of carbonyl (C=O) groups is 1. The van der Waals surface area contributed by atoms with E-state index < -0.39 is 17.7 Å². The van der Waals surface area contributed by atoms with E-state index in [0.717, 1.165) is 28.9 Å². The molecule has 0 N–H and O–H groups in total. The number of nitrogens with zero attached hydrogens (tertiary/aromatic N) is 1. The van der Waals surface area contributed by atoms with Crippen molar-refractivity contribution in [3.8, 4) is 0 Å². The Kier molecular flexibility index (Phi) is 4.67. The topological polar surface area (TPSA) is 20.3 Å². The maximum atomic E-state index is 13.1. The van der Waals surface area contributed by atoms with Crippen molar-refractivity contribution in [2.24, 2.45) is 0 Å². The van der Waals surface area contributed by atoms with E-state index in [9.17, 15) is 18.0 Å². The van der Waals surface area contributed by atoms with Crippen molar-refractivity contribution in [2.75, 3.05) is 4.90 Å². The SMILES string of the molecule is O=C1C(Cc2ccc(C(F)(F)F)cc2)c2ccccc2N1Cc1ccccc1. The van der Waals surface area contributed by atoms with Crippen LogP contribution in [-0.4, -0.2) is 5.91 Å². The highest BCUT2D eigenvalue weighted by molar-refractivity contribution is 6.05. The van der Waals surface area contributed by atoms with Crippen molar-refractivity contribution in [2.45, 2.75) is 25.1 Å². The highest BCUT2D eigenvalue weighted by Crippen LogP contribution is 2.40. The molecular weight excluding hydrogens is 363 g/mol. The maximum absolute atomic E-state index is 13.1. The van der Waals surface area contributed by atoms with E-state index in [-0.39, 0.29) is 5.91 Å². The van der Waals surface area contributed by atoms with Gasteiger partial charge in [0.05, 0.1) is 18.0 Å². The van der Waals surface area contributed by atoms with E-state index >= 15 is 0 Å². The number of amides is 1. The van der Waals surface area contributed by atoms with E-state index in [2.05, 4.69) is 0 Å². The summed E-state index contributed by atoms with van der Waals surface area (Å²) in [6.07, 6.45) is -3.99. The molecule has 1 atom stereocenters. The smallest absolute Gasteiger partial charge is 0.307 e. The molecular formula is C23H18F3NO. The van der Waals surface area contributed by atoms with Gasteiger partial charge >= 0.3 is 6.18 Å². The van der Waals surface area contributed by atoms with Gasteiger partial charge in [-0.1, -0.05) is 60.7 Å². The molecule has 0 saturated heterocycles. The lowest BCUT2D eigenvalue weighted by molar-refractivity contribution is -0.137. The van der Waals surface area contributed by atoms with Gasteiger partial charge in [0.2, 0.25) is 5.91 Å². The van der Waals surface area contributed by atoms with Gasteiger partial charge in [0.15, 0.2) is 0 Å². The predicted molar refractivity (Wildman–Crippen MR) is 102 cm³/mol. The zero-order valence-corrected chi connectivity index (χ0v) is 15.0. The third-order valence-electron chi connectivity index (χ3n) is 5.07. The molecule has 1 aliphatic rings. The van der Waals surface area contributed by atoms with Gasteiger partial charge in [-0.2, -0.15) is 13.2 Å². The molecule has 28 heavy (non-hydrogen) atoms. The third kappa shape index (κ3) is 3.52. The van der Waals surface area contributed by atoms with Crippen LogP contribution < -0.4 is 4.90 Å². The zero-order valence-electron chi connectivity index (χ0n) is 15.0. The number of hydrogen-bond acceptors (Lipinski definition) is 1. The van der Waals surface area contributed by atoms with Crippen LogP contribution in [0.1, 0.15) is 28.2 Å². The van der Waals surface area contributed by atoms with Crippen LogP contribution in [0.15, 0.2) is 78.9 Å². The van der Waals surface area contributed by atoms with Crippen LogP contribution in [0.4, 0.5) is 18.9 Å². The van der Waals surface area contributed by atoms with E-state index in [1.807, 2.05) is 54.6 Å². The first-order chi connectivity index (χ1) is 13.4. The molecule has 3 aromatic rings. The molecule has 3 aromatic carbocycles. The lowest BCUT2D eigenvalue weighted by Crippen LogP contribution is -2.28. The molecule has 0 aliphatic carbocycles. The van der Waals surface area contributed by atoms with E-state index in [0.29, 0.717) is 18.5 Å². The molecule has 0 radical (unpaired) electrons. The quantitative estimate of drug-likeness (QED) is 0.578. The van der Waals surface area contributed by atoms with Crippen molar-refractivity contribution >= 4 is 11.6 Å². The molecule has 0 spiro atoms. The molecule has 1 heterocycles. The van der Waals surface area contributed by atoms with Gasteiger partial charge in [0.25, 0.3) is 0 Å². The highest BCUT2D eigenvalue weighted by Gasteiger charge is 2.37. The van der Waals surface area contributed by atoms with Gasteiger partial charge in [0.1, 0.15) is 0 Å². The summed E-state index contributed by atoms with van der Waals surface area (Å²) in [7, 11) is 0. The molecule has 0 bridgehead atoms. The second-order valence-corrected chi connectivity index (χ2v) is 6.92. The maximum Gasteiger partial charge on any atom is 0.416 e.